The van der Waals surface area contributed by atoms with E-state index in [0.717, 1.165) is 4.47 Å². The number of carbonyl (C=O) groups excluding carboxylic acids is 2. The third-order valence-electron chi connectivity index (χ3n) is 3.35. The maximum absolute atomic E-state index is 12.6. The Morgan fingerprint density at radius 2 is 2.14 bits per heavy atom. The highest BCUT2D eigenvalue weighted by Gasteiger charge is 2.33. The van der Waals surface area contributed by atoms with Gasteiger partial charge in [-0.1, -0.05) is 13.8 Å². The molecule has 1 aromatic carbocycles. The zero-order chi connectivity index (χ0) is 15.6. The van der Waals surface area contributed by atoms with Crippen LogP contribution in [0.15, 0.2) is 22.7 Å². The van der Waals surface area contributed by atoms with Gasteiger partial charge in [-0.3, -0.25) is 9.59 Å². The first-order chi connectivity index (χ1) is 9.92. The number of anilines is 1. The van der Waals surface area contributed by atoms with Crippen LogP contribution in [0.1, 0.15) is 20.3 Å². The Morgan fingerprint density at radius 3 is 2.76 bits per heavy atom. The Kier molecular flexibility index (Phi) is 4.88. The molecule has 6 heteroatoms. The minimum atomic E-state index is -0.458. The third-order valence-corrected chi connectivity index (χ3v) is 4.01. The van der Waals surface area contributed by atoms with E-state index in [1.54, 1.807) is 19.2 Å². The Balaban J connectivity index is 2.29. The van der Waals surface area contributed by atoms with E-state index in [0.29, 0.717) is 23.8 Å². The van der Waals surface area contributed by atoms with Crippen molar-refractivity contribution < 1.29 is 14.3 Å². The molecule has 1 aliphatic heterocycles. The fourth-order valence-electron chi connectivity index (χ4n) is 2.38. The monoisotopic (exact) mass is 354 g/mol. The van der Waals surface area contributed by atoms with E-state index >= 15 is 0 Å². The topological polar surface area (TPSA) is 58.6 Å². The average Bonchev–Trinajstić information content (AvgIpc) is 2.42. The summed E-state index contributed by atoms with van der Waals surface area (Å²) in [6.45, 7) is 4.10. The van der Waals surface area contributed by atoms with Crippen LogP contribution in [0, 0.1) is 5.92 Å². The van der Waals surface area contributed by atoms with E-state index in [2.05, 4.69) is 21.2 Å². The molecule has 1 heterocycles. The fraction of sp³-hybridized carbons (Fsp3) is 0.467. The van der Waals surface area contributed by atoms with Crippen LogP contribution >= 0.6 is 15.9 Å². The first-order valence-corrected chi connectivity index (χ1v) is 7.66. The van der Waals surface area contributed by atoms with Gasteiger partial charge in [-0.2, -0.15) is 0 Å². The van der Waals surface area contributed by atoms with E-state index < -0.39 is 6.04 Å². The Labute approximate surface area is 132 Å². The summed E-state index contributed by atoms with van der Waals surface area (Å²) in [5, 5.41) is 2.77. The molecule has 1 fully saturated rings. The normalized spacial score (nSPS) is 18.9. The van der Waals surface area contributed by atoms with Crippen molar-refractivity contribution in [2.24, 2.45) is 5.92 Å². The van der Waals surface area contributed by atoms with Gasteiger partial charge in [0.05, 0.1) is 11.6 Å². The summed E-state index contributed by atoms with van der Waals surface area (Å²) in [7, 11) is 1.57. The number of hydrogen-bond donors (Lipinski definition) is 1. The summed E-state index contributed by atoms with van der Waals surface area (Å²) in [6, 6.07) is 4.91. The van der Waals surface area contributed by atoms with E-state index in [1.807, 2.05) is 19.9 Å². The number of hydrogen-bond acceptors (Lipinski definition) is 3. The second kappa shape index (κ2) is 6.47. The minimum Gasteiger partial charge on any atom is -0.495 e. The maximum atomic E-state index is 12.6. The molecule has 0 spiro atoms. The van der Waals surface area contributed by atoms with Gasteiger partial charge in [-0.05, 0) is 40.4 Å². The van der Waals surface area contributed by atoms with Crippen molar-refractivity contribution in [3.63, 3.8) is 0 Å². The summed E-state index contributed by atoms with van der Waals surface area (Å²) < 4.78 is 6.05. The van der Waals surface area contributed by atoms with Crippen molar-refractivity contribution in [2.75, 3.05) is 18.6 Å². The SMILES string of the molecule is COc1cc(N2CC(=O)NC(CC(C)C)C2=O)ccc1Br. The number of rotatable bonds is 4. The van der Waals surface area contributed by atoms with Gasteiger partial charge < -0.3 is 15.0 Å². The molecule has 1 atom stereocenters. The summed E-state index contributed by atoms with van der Waals surface area (Å²) in [4.78, 5) is 25.9. The molecule has 0 bridgehead atoms. The van der Waals surface area contributed by atoms with Crippen LogP contribution in [-0.2, 0) is 9.59 Å². The molecule has 2 amide bonds. The van der Waals surface area contributed by atoms with E-state index in [4.69, 9.17) is 4.74 Å². The van der Waals surface area contributed by atoms with Crippen molar-refractivity contribution in [3.8, 4) is 5.75 Å². The zero-order valence-corrected chi connectivity index (χ0v) is 13.9. The van der Waals surface area contributed by atoms with Crippen LogP contribution in [0.3, 0.4) is 0 Å². The van der Waals surface area contributed by atoms with Gasteiger partial charge in [0.15, 0.2) is 0 Å². The second-order valence-electron chi connectivity index (χ2n) is 5.49. The number of methoxy groups -OCH3 is 1. The Morgan fingerprint density at radius 1 is 1.43 bits per heavy atom. The van der Waals surface area contributed by atoms with Crippen LogP contribution in [0.5, 0.6) is 5.75 Å². The maximum Gasteiger partial charge on any atom is 0.250 e. The van der Waals surface area contributed by atoms with Crippen molar-refractivity contribution in [1.82, 2.24) is 5.32 Å². The second-order valence-corrected chi connectivity index (χ2v) is 6.35. The quantitative estimate of drug-likeness (QED) is 0.902. The van der Waals surface area contributed by atoms with Gasteiger partial charge in [0.2, 0.25) is 11.8 Å². The first kappa shape index (κ1) is 15.8. The Hall–Kier alpha value is -1.56. The molecule has 1 aromatic rings. The van der Waals surface area contributed by atoms with E-state index in [-0.39, 0.29) is 18.4 Å². The third kappa shape index (κ3) is 3.56. The molecule has 1 aliphatic rings. The summed E-state index contributed by atoms with van der Waals surface area (Å²) in [5.41, 5.74) is 0.670. The lowest BCUT2D eigenvalue weighted by Crippen LogP contribution is -2.58. The highest BCUT2D eigenvalue weighted by atomic mass is 79.9. The number of carbonyl (C=O) groups is 2. The molecular weight excluding hydrogens is 336 g/mol. The van der Waals surface area contributed by atoms with Gasteiger partial charge >= 0.3 is 0 Å². The van der Waals surface area contributed by atoms with Crippen LogP contribution in [0.2, 0.25) is 0 Å². The molecular formula is C15H19BrN2O3. The fourth-order valence-corrected chi connectivity index (χ4v) is 2.79. The molecule has 0 aromatic heterocycles. The predicted octanol–water partition coefficient (Wildman–Crippen LogP) is 2.34. The lowest BCUT2D eigenvalue weighted by Gasteiger charge is -2.33. The summed E-state index contributed by atoms with van der Waals surface area (Å²) in [6.07, 6.45) is 0.634. The molecule has 0 radical (unpaired) electrons. The summed E-state index contributed by atoms with van der Waals surface area (Å²) >= 11 is 3.38. The smallest absolute Gasteiger partial charge is 0.250 e. The highest BCUT2D eigenvalue weighted by Crippen LogP contribution is 2.30. The first-order valence-electron chi connectivity index (χ1n) is 6.86. The standard InChI is InChI=1S/C15H19BrN2O3/c1-9(2)6-12-15(20)18(8-14(19)17-12)10-4-5-11(16)13(7-10)21-3/h4-5,7,9,12H,6,8H2,1-3H3,(H,17,19). The molecule has 5 nitrogen and oxygen atoms in total. The van der Waals surface area contributed by atoms with Crippen molar-refractivity contribution >= 4 is 33.4 Å². The zero-order valence-electron chi connectivity index (χ0n) is 12.4. The summed E-state index contributed by atoms with van der Waals surface area (Å²) in [5.74, 6) is 0.750. The van der Waals surface area contributed by atoms with E-state index in [1.165, 1.54) is 4.90 Å². The largest absolute Gasteiger partial charge is 0.495 e. The van der Waals surface area contributed by atoms with Gasteiger partial charge in [-0.15, -0.1) is 0 Å². The average molecular weight is 355 g/mol. The van der Waals surface area contributed by atoms with Crippen LogP contribution in [0.25, 0.3) is 0 Å². The van der Waals surface area contributed by atoms with Gasteiger partial charge in [0.1, 0.15) is 18.3 Å². The molecule has 2 rings (SSSR count). The van der Waals surface area contributed by atoms with Crippen LogP contribution in [-0.4, -0.2) is 31.5 Å². The van der Waals surface area contributed by atoms with Crippen LogP contribution < -0.4 is 15.0 Å². The number of nitrogens with zero attached hydrogens (tertiary/aromatic N) is 1. The number of nitrogens with one attached hydrogen (secondary N) is 1. The number of halogens is 1. The molecule has 1 N–H and O–H groups in total. The van der Waals surface area contributed by atoms with Crippen LogP contribution in [0.4, 0.5) is 5.69 Å². The van der Waals surface area contributed by atoms with Crippen molar-refractivity contribution in [2.45, 2.75) is 26.3 Å². The molecule has 1 saturated heterocycles. The van der Waals surface area contributed by atoms with Crippen molar-refractivity contribution in [1.29, 1.82) is 0 Å². The lowest BCUT2D eigenvalue weighted by molar-refractivity contribution is -0.131. The molecule has 21 heavy (non-hydrogen) atoms. The van der Waals surface area contributed by atoms with Gasteiger partial charge in [-0.25, -0.2) is 0 Å². The minimum absolute atomic E-state index is 0.0399. The number of amides is 2. The Bertz CT molecular complexity index is 560. The predicted molar refractivity (Wildman–Crippen MR) is 84.4 cm³/mol. The van der Waals surface area contributed by atoms with Crippen molar-refractivity contribution in [3.05, 3.63) is 22.7 Å². The number of benzene rings is 1. The lowest BCUT2D eigenvalue weighted by atomic mass is 10.0. The number of piperazine rings is 1. The highest BCUT2D eigenvalue weighted by molar-refractivity contribution is 9.10. The molecule has 1 unspecified atom stereocenters. The number of ether oxygens (including phenoxy) is 1. The molecule has 0 aliphatic carbocycles. The van der Waals surface area contributed by atoms with E-state index in [9.17, 15) is 9.59 Å². The molecule has 0 saturated carbocycles. The molecule has 114 valence electrons. The van der Waals surface area contributed by atoms with Gasteiger partial charge in [0, 0.05) is 11.8 Å². The van der Waals surface area contributed by atoms with Gasteiger partial charge in [0.25, 0.3) is 0 Å².